The van der Waals surface area contributed by atoms with Gasteiger partial charge in [0.2, 0.25) is 0 Å². The first-order valence-corrected chi connectivity index (χ1v) is 4.64. The van der Waals surface area contributed by atoms with Crippen LogP contribution >= 0.6 is 15.9 Å². The quantitative estimate of drug-likeness (QED) is 0.830. The Kier molecular flexibility index (Phi) is 3.31. The summed E-state index contributed by atoms with van der Waals surface area (Å²) in [5, 5.41) is 8.53. The van der Waals surface area contributed by atoms with Crippen molar-refractivity contribution >= 4 is 21.6 Å². The van der Waals surface area contributed by atoms with E-state index in [1.165, 1.54) is 6.07 Å². The minimum absolute atomic E-state index is 0.166. The summed E-state index contributed by atoms with van der Waals surface area (Å²) in [6, 6.07) is 4.27. The van der Waals surface area contributed by atoms with Crippen LogP contribution in [0.5, 0.6) is 5.75 Å². The van der Waals surface area contributed by atoms with Gasteiger partial charge in [0.05, 0.1) is 10.2 Å². The van der Waals surface area contributed by atoms with E-state index in [0.29, 0.717) is 10.2 Å². The Balaban J connectivity index is 3.04. The maximum Gasteiger partial charge on any atom is 0.181 e. The standard InChI is InChI=1S/C9H8BrFN2O/c1-5(4-12)14-9-7(10)2-6(11)3-8(9)13/h2-3,5H,13H2,1H3. The minimum atomic E-state index is -0.626. The lowest BCUT2D eigenvalue weighted by atomic mass is 10.3. The molecule has 3 nitrogen and oxygen atoms in total. The van der Waals surface area contributed by atoms with Gasteiger partial charge in [0.15, 0.2) is 11.9 Å². The van der Waals surface area contributed by atoms with Crippen LogP contribution in [-0.2, 0) is 0 Å². The third kappa shape index (κ3) is 2.36. The molecule has 1 rings (SSSR count). The molecule has 0 bridgehead atoms. The Bertz CT molecular complexity index is 366. The highest BCUT2D eigenvalue weighted by molar-refractivity contribution is 9.10. The lowest BCUT2D eigenvalue weighted by Crippen LogP contribution is -2.10. The molecule has 0 aromatic heterocycles. The van der Waals surface area contributed by atoms with E-state index >= 15 is 0 Å². The number of nitrogens with zero attached hydrogens (tertiary/aromatic N) is 1. The highest BCUT2D eigenvalue weighted by Crippen LogP contribution is 2.32. The Hall–Kier alpha value is -1.28. The zero-order chi connectivity index (χ0) is 10.7. The molecule has 0 saturated carbocycles. The lowest BCUT2D eigenvalue weighted by molar-refractivity contribution is 0.276. The smallest absolute Gasteiger partial charge is 0.181 e. The molecule has 1 aromatic carbocycles. The Morgan fingerprint density at radius 1 is 1.64 bits per heavy atom. The summed E-state index contributed by atoms with van der Waals surface area (Å²) in [6.45, 7) is 1.58. The van der Waals surface area contributed by atoms with Gasteiger partial charge in [-0.25, -0.2) is 4.39 Å². The molecule has 0 heterocycles. The second kappa shape index (κ2) is 4.29. The summed E-state index contributed by atoms with van der Waals surface area (Å²) in [7, 11) is 0. The fourth-order valence-electron chi connectivity index (χ4n) is 0.908. The molecule has 14 heavy (non-hydrogen) atoms. The highest BCUT2D eigenvalue weighted by Gasteiger charge is 2.11. The predicted octanol–water partition coefficient (Wildman–Crippen LogP) is 2.46. The van der Waals surface area contributed by atoms with Crippen molar-refractivity contribution in [3.63, 3.8) is 0 Å². The average molecular weight is 259 g/mol. The molecule has 1 aromatic rings. The molecule has 1 atom stereocenters. The van der Waals surface area contributed by atoms with Gasteiger partial charge in [0.25, 0.3) is 0 Å². The minimum Gasteiger partial charge on any atom is -0.473 e. The van der Waals surface area contributed by atoms with Gasteiger partial charge in [-0.2, -0.15) is 5.26 Å². The van der Waals surface area contributed by atoms with Gasteiger partial charge in [0.1, 0.15) is 11.9 Å². The van der Waals surface area contributed by atoms with Crippen LogP contribution in [-0.4, -0.2) is 6.10 Å². The molecule has 1 unspecified atom stereocenters. The molecular formula is C9H8BrFN2O. The number of hydrogen-bond donors (Lipinski definition) is 1. The lowest BCUT2D eigenvalue weighted by Gasteiger charge is -2.11. The zero-order valence-corrected chi connectivity index (χ0v) is 9.01. The van der Waals surface area contributed by atoms with Gasteiger partial charge in [-0.3, -0.25) is 0 Å². The second-order valence-corrected chi connectivity index (χ2v) is 3.55. The number of ether oxygens (including phenoxy) is 1. The Morgan fingerprint density at radius 3 is 2.79 bits per heavy atom. The molecule has 0 radical (unpaired) electrons. The largest absolute Gasteiger partial charge is 0.473 e. The topological polar surface area (TPSA) is 59.0 Å². The van der Waals surface area contributed by atoms with Crippen LogP contribution in [0.1, 0.15) is 6.92 Å². The molecule has 0 saturated heterocycles. The van der Waals surface area contributed by atoms with E-state index in [4.69, 9.17) is 15.7 Å². The summed E-state index contributed by atoms with van der Waals surface area (Å²) >= 11 is 3.10. The molecule has 74 valence electrons. The summed E-state index contributed by atoms with van der Waals surface area (Å²) in [4.78, 5) is 0. The molecule has 0 aliphatic carbocycles. The first kappa shape index (κ1) is 10.8. The summed E-state index contributed by atoms with van der Waals surface area (Å²) in [5.74, 6) is -0.160. The molecule has 0 aliphatic rings. The number of benzene rings is 1. The number of hydrogen-bond acceptors (Lipinski definition) is 3. The van der Waals surface area contributed by atoms with Crippen LogP contribution in [0.4, 0.5) is 10.1 Å². The number of rotatable bonds is 2. The van der Waals surface area contributed by atoms with Crippen LogP contribution in [0.3, 0.4) is 0 Å². The van der Waals surface area contributed by atoms with E-state index in [-0.39, 0.29) is 5.69 Å². The van der Waals surface area contributed by atoms with Crippen LogP contribution in [0.2, 0.25) is 0 Å². The summed E-state index contributed by atoms with van der Waals surface area (Å²) in [6.07, 6.45) is -0.626. The van der Waals surface area contributed by atoms with E-state index in [0.717, 1.165) is 6.07 Å². The van der Waals surface area contributed by atoms with E-state index in [1.807, 2.05) is 6.07 Å². The third-order valence-corrected chi connectivity index (χ3v) is 2.10. The molecule has 0 amide bonds. The average Bonchev–Trinajstić information content (AvgIpc) is 2.10. The Morgan fingerprint density at radius 2 is 2.29 bits per heavy atom. The fraction of sp³-hybridized carbons (Fsp3) is 0.222. The van der Waals surface area contributed by atoms with E-state index in [2.05, 4.69) is 15.9 Å². The van der Waals surface area contributed by atoms with Crippen LogP contribution in [0.25, 0.3) is 0 Å². The number of anilines is 1. The van der Waals surface area contributed by atoms with E-state index < -0.39 is 11.9 Å². The number of nitriles is 1. The van der Waals surface area contributed by atoms with Crippen molar-refractivity contribution in [2.75, 3.05) is 5.73 Å². The van der Waals surface area contributed by atoms with Gasteiger partial charge in [0, 0.05) is 6.07 Å². The summed E-state index contributed by atoms with van der Waals surface area (Å²) < 4.78 is 18.4. The zero-order valence-electron chi connectivity index (χ0n) is 7.42. The maximum absolute atomic E-state index is 12.8. The normalized spacial score (nSPS) is 11.9. The van der Waals surface area contributed by atoms with Crippen molar-refractivity contribution in [2.24, 2.45) is 0 Å². The van der Waals surface area contributed by atoms with Gasteiger partial charge in [-0.1, -0.05) is 0 Å². The van der Waals surface area contributed by atoms with Crippen molar-refractivity contribution in [1.29, 1.82) is 5.26 Å². The van der Waals surface area contributed by atoms with Gasteiger partial charge >= 0.3 is 0 Å². The Labute approximate surface area is 89.4 Å². The van der Waals surface area contributed by atoms with E-state index in [9.17, 15) is 4.39 Å². The molecule has 0 spiro atoms. The predicted molar refractivity (Wildman–Crippen MR) is 54.2 cm³/mol. The molecule has 0 fully saturated rings. The first-order valence-electron chi connectivity index (χ1n) is 3.85. The number of nitrogens with two attached hydrogens (primary N) is 1. The van der Waals surface area contributed by atoms with E-state index in [1.54, 1.807) is 6.92 Å². The third-order valence-electron chi connectivity index (χ3n) is 1.51. The van der Waals surface area contributed by atoms with Crippen molar-refractivity contribution in [3.8, 4) is 11.8 Å². The van der Waals surface area contributed by atoms with Crippen LogP contribution < -0.4 is 10.5 Å². The SMILES string of the molecule is CC(C#N)Oc1c(N)cc(F)cc1Br. The molecule has 5 heteroatoms. The molecule has 0 aliphatic heterocycles. The van der Waals surface area contributed by atoms with Crippen molar-refractivity contribution in [1.82, 2.24) is 0 Å². The fourth-order valence-corrected chi connectivity index (χ4v) is 1.45. The van der Waals surface area contributed by atoms with Crippen LogP contribution in [0.15, 0.2) is 16.6 Å². The van der Waals surface area contributed by atoms with Crippen molar-refractivity contribution in [2.45, 2.75) is 13.0 Å². The summed E-state index contributed by atoms with van der Waals surface area (Å²) in [5.41, 5.74) is 5.69. The van der Waals surface area contributed by atoms with Crippen LogP contribution in [0, 0.1) is 17.1 Å². The number of nitrogen functional groups attached to an aromatic ring is 1. The molecular weight excluding hydrogens is 251 g/mol. The molecule has 2 N–H and O–H groups in total. The van der Waals surface area contributed by atoms with Crippen molar-refractivity contribution < 1.29 is 9.13 Å². The monoisotopic (exact) mass is 258 g/mol. The van der Waals surface area contributed by atoms with Gasteiger partial charge in [-0.05, 0) is 28.9 Å². The number of halogens is 2. The van der Waals surface area contributed by atoms with Gasteiger partial charge < -0.3 is 10.5 Å². The maximum atomic E-state index is 12.8. The second-order valence-electron chi connectivity index (χ2n) is 2.70. The first-order chi connectivity index (χ1) is 6.54. The van der Waals surface area contributed by atoms with Crippen molar-refractivity contribution in [3.05, 3.63) is 22.4 Å². The van der Waals surface area contributed by atoms with Gasteiger partial charge in [-0.15, -0.1) is 0 Å². The highest BCUT2D eigenvalue weighted by atomic mass is 79.9.